The number of ether oxygens (including phenoxy) is 2. The van der Waals surface area contributed by atoms with Crippen LogP contribution in [0.1, 0.15) is 47.5 Å². The van der Waals surface area contributed by atoms with Crippen molar-refractivity contribution < 1.29 is 14.3 Å². The van der Waals surface area contributed by atoms with Crippen molar-refractivity contribution in [3.05, 3.63) is 59.7 Å². The molecule has 1 heterocycles. The van der Waals surface area contributed by atoms with Crippen molar-refractivity contribution in [2.75, 3.05) is 26.7 Å². The highest BCUT2D eigenvalue weighted by Crippen LogP contribution is 2.35. The number of benzene rings is 2. The van der Waals surface area contributed by atoms with Gasteiger partial charge in [-0.15, -0.1) is 0 Å². The van der Waals surface area contributed by atoms with Gasteiger partial charge in [-0.1, -0.05) is 30.3 Å². The first-order valence-electron chi connectivity index (χ1n) is 10.6. The molecular formula is C24H30N2O3. The first kappa shape index (κ1) is 19.8. The number of rotatable bonds is 6. The molecule has 1 amide bonds. The van der Waals surface area contributed by atoms with Gasteiger partial charge in [-0.25, -0.2) is 0 Å². The van der Waals surface area contributed by atoms with Crippen LogP contribution in [0.2, 0.25) is 0 Å². The summed E-state index contributed by atoms with van der Waals surface area (Å²) in [6, 6.07) is 15.9. The van der Waals surface area contributed by atoms with E-state index in [1.165, 1.54) is 18.4 Å². The van der Waals surface area contributed by atoms with E-state index in [2.05, 4.69) is 12.1 Å². The van der Waals surface area contributed by atoms with Gasteiger partial charge in [0.05, 0.1) is 13.2 Å². The second kappa shape index (κ2) is 8.87. The summed E-state index contributed by atoms with van der Waals surface area (Å²) in [7, 11) is 1.62. The maximum atomic E-state index is 13.2. The number of carbonyl (C=O) groups is 1. The van der Waals surface area contributed by atoms with Crippen LogP contribution in [0.15, 0.2) is 48.5 Å². The molecular weight excluding hydrogens is 364 g/mol. The minimum Gasteiger partial charge on any atom is -0.493 e. The van der Waals surface area contributed by atoms with Gasteiger partial charge in [0, 0.05) is 24.6 Å². The zero-order valence-corrected chi connectivity index (χ0v) is 17.0. The molecule has 1 aliphatic heterocycles. The second-order valence-electron chi connectivity index (χ2n) is 8.11. The van der Waals surface area contributed by atoms with Crippen LogP contribution < -0.4 is 15.2 Å². The number of likely N-dealkylation sites (tertiary alicyclic amines) is 1. The summed E-state index contributed by atoms with van der Waals surface area (Å²) in [5.74, 6) is 1.91. The highest BCUT2D eigenvalue weighted by Gasteiger charge is 2.35. The lowest BCUT2D eigenvalue weighted by atomic mass is 9.89. The van der Waals surface area contributed by atoms with Crippen LogP contribution in [-0.2, 0) is 0 Å². The molecule has 1 saturated carbocycles. The van der Waals surface area contributed by atoms with E-state index >= 15 is 0 Å². The van der Waals surface area contributed by atoms with Crippen LogP contribution in [-0.4, -0.2) is 43.7 Å². The molecule has 2 fully saturated rings. The third kappa shape index (κ3) is 4.25. The van der Waals surface area contributed by atoms with Gasteiger partial charge in [0.2, 0.25) is 0 Å². The number of hydrogen-bond acceptors (Lipinski definition) is 4. The molecule has 1 saturated heterocycles. The summed E-state index contributed by atoms with van der Waals surface area (Å²) in [5, 5.41) is 0. The van der Waals surface area contributed by atoms with E-state index in [0.29, 0.717) is 30.9 Å². The van der Waals surface area contributed by atoms with Crippen molar-refractivity contribution in [2.45, 2.75) is 37.7 Å². The third-order valence-corrected chi connectivity index (χ3v) is 6.27. The van der Waals surface area contributed by atoms with Gasteiger partial charge in [0.25, 0.3) is 5.91 Å². The number of hydrogen-bond donors (Lipinski definition) is 1. The zero-order chi connectivity index (χ0) is 20.2. The van der Waals surface area contributed by atoms with Crippen LogP contribution in [0, 0.1) is 5.92 Å². The fourth-order valence-corrected chi connectivity index (χ4v) is 4.62. The molecule has 0 aromatic heterocycles. The molecule has 2 N–H and O–H groups in total. The number of carbonyl (C=O) groups excluding carboxylic acids is 1. The van der Waals surface area contributed by atoms with E-state index < -0.39 is 0 Å². The van der Waals surface area contributed by atoms with Crippen LogP contribution >= 0.6 is 0 Å². The van der Waals surface area contributed by atoms with Crippen LogP contribution in [0.25, 0.3) is 0 Å². The van der Waals surface area contributed by atoms with Gasteiger partial charge in [-0.2, -0.15) is 0 Å². The highest BCUT2D eigenvalue weighted by molar-refractivity contribution is 5.95. The molecule has 1 aliphatic carbocycles. The largest absolute Gasteiger partial charge is 0.493 e. The Morgan fingerprint density at radius 3 is 2.52 bits per heavy atom. The summed E-state index contributed by atoms with van der Waals surface area (Å²) in [6.45, 7) is 1.94. The minimum absolute atomic E-state index is 0.0209. The van der Waals surface area contributed by atoms with Gasteiger partial charge in [0.1, 0.15) is 0 Å². The third-order valence-electron chi connectivity index (χ3n) is 6.27. The normalized spacial score (nSPS) is 22.1. The molecule has 4 rings (SSSR count). The molecule has 2 aromatic carbocycles. The summed E-state index contributed by atoms with van der Waals surface area (Å²) in [4.78, 5) is 15.1. The molecule has 0 bridgehead atoms. The van der Waals surface area contributed by atoms with Crippen molar-refractivity contribution in [1.29, 1.82) is 0 Å². The van der Waals surface area contributed by atoms with E-state index in [4.69, 9.17) is 15.2 Å². The van der Waals surface area contributed by atoms with Gasteiger partial charge < -0.3 is 20.1 Å². The Morgan fingerprint density at radius 1 is 1.07 bits per heavy atom. The monoisotopic (exact) mass is 394 g/mol. The molecule has 0 unspecified atom stereocenters. The first-order valence-corrected chi connectivity index (χ1v) is 10.6. The van der Waals surface area contributed by atoms with Crippen molar-refractivity contribution >= 4 is 5.91 Å². The molecule has 0 spiro atoms. The Labute approximate surface area is 172 Å². The summed E-state index contributed by atoms with van der Waals surface area (Å²) in [6.07, 6.45) is 4.84. The Balaban J connectivity index is 1.50. The standard InChI is InChI=1S/C24H30N2O3/c1-28-23-13-18(11-12-22(23)29-20-9-5-6-10-20)24(27)26-15-19(14-25)21(16-26)17-7-3-2-4-8-17/h2-4,7-8,11-13,19-21H,5-6,9-10,14-16,25H2,1H3/t19-,21+/m1/s1. The Kier molecular flexibility index (Phi) is 6.05. The molecule has 5 nitrogen and oxygen atoms in total. The lowest BCUT2D eigenvalue weighted by molar-refractivity contribution is 0.0786. The van der Waals surface area contributed by atoms with Crippen molar-refractivity contribution in [3.8, 4) is 11.5 Å². The average Bonchev–Trinajstić information content (AvgIpc) is 3.44. The SMILES string of the molecule is COc1cc(C(=O)N2C[C@@H](CN)[C@H](c3ccccc3)C2)ccc1OC1CCCC1. The second-order valence-corrected chi connectivity index (χ2v) is 8.11. The minimum atomic E-state index is 0.0209. The quantitative estimate of drug-likeness (QED) is 0.809. The molecule has 2 aromatic rings. The molecule has 154 valence electrons. The zero-order valence-electron chi connectivity index (χ0n) is 17.0. The summed E-state index contributed by atoms with van der Waals surface area (Å²) < 4.78 is 11.6. The smallest absolute Gasteiger partial charge is 0.254 e. The topological polar surface area (TPSA) is 64.8 Å². The highest BCUT2D eigenvalue weighted by atomic mass is 16.5. The van der Waals surface area contributed by atoms with E-state index in [1.807, 2.05) is 35.2 Å². The lowest BCUT2D eigenvalue weighted by Gasteiger charge is -2.19. The summed E-state index contributed by atoms with van der Waals surface area (Å²) >= 11 is 0. The summed E-state index contributed by atoms with van der Waals surface area (Å²) in [5.41, 5.74) is 7.91. The van der Waals surface area contributed by atoms with E-state index in [0.717, 1.165) is 18.6 Å². The predicted molar refractivity (Wildman–Crippen MR) is 114 cm³/mol. The Morgan fingerprint density at radius 2 is 1.83 bits per heavy atom. The molecule has 2 atom stereocenters. The lowest BCUT2D eigenvalue weighted by Crippen LogP contribution is -2.29. The van der Waals surface area contributed by atoms with Gasteiger partial charge in [-0.3, -0.25) is 4.79 Å². The number of nitrogens with zero attached hydrogens (tertiary/aromatic N) is 1. The molecule has 29 heavy (non-hydrogen) atoms. The van der Waals surface area contributed by atoms with Crippen molar-refractivity contribution in [3.63, 3.8) is 0 Å². The number of methoxy groups -OCH3 is 1. The first-order chi connectivity index (χ1) is 14.2. The Hall–Kier alpha value is -2.53. The average molecular weight is 395 g/mol. The van der Waals surface area contributed by atoms with E-state index in [-0.39, 0.29) is 23.8 Å². The van der Waals surface area contributed by atoms with Crippen LogP contribution in [0.3, 0.4) is 0 Å². The van der Waals surface area contributed by atoms with Crippen LogP contribution in [0.4, 0.5) is 0 Å². The van der Waals surface area contributed by atoms with E-state index in [9.17, 15) is 4.79 Å². The molecule has 2 aliphatic rings. The fourth-order valence-electron chi connectivity index (χ4n) is 4.62. The maximum Gasteiger partial charge on any atom is 0.254 e. The van der Waals surface area contributed by atoms with Gasteiger partial charge >= 0.3 is 0 Å². The van der Waals surface area contributed by atoms with Gasteiger partial charge in [-0.05, 0) is 61.9 Å². The molecule has 5 heteroatoms. The fraction of sp³-hybridized carbons (Fsp3) is 0.458. The van der Waals surface area contributed by atoms with E-state index in [1.54, 1.807) is 13.2 Å². The predicted octanol–water partition coefficient (Wildman–Crippen LogP) is 3.83. The van der Waals surface area contributed by atoms with Crippen LogP contribution in [0.5, 0.6) is 11.5 Å². The molecule has 0 radical (unpaired) electrons. The number of amides is 1. The number of nitrogens with two attached hydrogens (primary N) is 1. The maximum absolute atomic E-state index is 13.2. The van der Waals surface area contributed by atoms with Crippen molar-refractivity contribution in [2.24, 2.45) is 11.7 Å². The van der Waals surface area contributed by atoms with Gasteiger partial charge in [0.15, 0.2) is 11.5 Å². The van der Waals surface area contributed by atoms with Crippen molar-refractivity contribution in [1.82, 2.24) is 4.90 Å². The Bertz CT molecular complexity index is 833.